The zero-order chi connectivity index (χ0) is 18.3. The molecule has 26 heavy (non-hydrogen) atoms. The molecule has 2 aromatic heterocycles. The number of hydrogen-bond acceptors (Lipinski definition) is 4. The van der Waals surface area contributed by atoms with Crippen LogP contribution in [0.3, 0.4) is 0 Å². The van der Waals surface area contributed by atoms with Gasteiger partial charge in [-0.2, -0.15) is 0 Å². The molecule has 2 amide bonds. The third-order valence-corrected chi connectivity index (χ3v) is 5.18. The summed E-state index contributed by atoms with van der Waals surface area (Å²) in [6.45, 7) is 2.45. The molecule has 0 atom stereocenters. The first-order chi connectivity index (χ1) is 12.6. The van der Waals surface area contributed by atoms with Crippen molar-refractivity contribution in [1.29, 1.82) is 0 Å². The molecule has 4 rings (SSSR count). The molecule has 138 valence electrons. The SMILES string of the molecule is CNC(=O)c1[nH]c(N2CCCc3cc(C(=O)N4CCCC4)[nH]c32)cc1N. The summed E-state index contributed by atoms with van der Waals surface area (Å²) >= 11 is 0. The van der Waals surface area contributed by atoms with Gasteiger partial charge in [-0.3, -0.25) is 9.59 Å². The van der Waals surface area contributed by atoms with Crippen LogP contribution in [0.2, 0.25) is 0 Å². The number of aryl methyl sites for hydroxylation is 1. The van der Waals surface area contributed by atoms with E-state index in [2.05, 4.69) is 20.2 Å². The molecular formula is C18H24N6O2. The number of aromatic nitrogens is 2. The molecule has 4 heterocycles. The fourth-order valence-corrected chi connectivity index (χ4v) is 3.82. The van der Waals surface area contributed by atoms with Gasteiger partial charge in [-0.15, -0.1) is 0 Å². The van der Waals surface area contributed by atoms with E-state index < -0.39 is 0 Å². The van der Waals surface area contributed by atoms with Crippen LogP contribution in [0, 0.1) is 0 Å². The number of aromatic amines is 2. The minimum absolute atomic E-state index is 0.0638. The van der Waals surface area contributed by atoms with Gasteiger partial charge in [0.05, 0.1) is 5.69 Å². The van der Waals surface area contributed by atoms with Crippen molar-refractivity contribution in [1.82, 2.24) is 20.2 Å². The summed E-state index contributed by atoms with van der Waals surface area (Å²) in [6.07, 6.45) is 4.04. The standard InChI is InChI=1S/C18H24N6O2/c1-20-17(25)15-12(19)10-14(22-15)24-8-4-5-11-9-13(21-16(11)24)18(26)23-6-2-3-7-23/h9-10,21-22H,2-8,19H2,1H3,(H,20,25). The molecule has 8 nitrogen and oxygen atoms in total. The van der Waals surface area contributed by atoms with Gasteiger partial charge in [-0.25, -0.2) is 0 Å². The molecular weight excluding hydrogens is 332 g/mol. The zero-order valence-electron chi connectivity index (χ0n) is 14.9. The fraction of sp³-hybridized carbons (Fsp3) is 0.444. The first-order valence-electron chi connectivity index (χ1n) is 9.07. The third kappa shape index (κ3) is 2.71. The number of carbonyl (C=O) groups is 2. The predicted octanol–water partition coefficient (Wildman–Crippen LogP) is 1.60. The fourth-order valence-electron chi connectivity index (χ4n) is 3.82. The summed E-state index contributed by atoms with van der Waals surface area (Å²) in [5, 5.41) is 2.58. The van der Waals surface area contributed by atoms with E-state index in [-0.39, 0.29) is 11.8 Å². The summed E-state index contributed by atoms with van der Waals surface area (Å²) in [6, 6.07) is 3.73. The lowest BCUT2D eigenvalue weighted by Crippen LogP contribution is -2.28. The second kappa shape index (κ2) is 6.44. The molecule has 2 aliphatic rings. The molecule has 0 aliphatic carbocycles. The molecule has 5 N–H and O–H groups in total. The summed E-state index contributed by atoms with van der Waals surface area (Å²) in [5.74, 6) is 1.48. The Bertz CT molecular complexity index is 846. The second-order valence-corrected chi connectivity index (χ2v) is 6.88. The van der Waals surface area contributed by atoms with Gasteiger partial charge in [0.15, 0.2) is 0 Å². The van der Waals surface area contributed by atoms with E-state index in [9.17, 15) is 9.59 Å². The summed E-state index contributed by atoms with van der Waals surface area (Å²) in [7, 11) is 1.57. The van der Waals surface area contributed by atoms with Gasteiger partial charge in [0.25, 0.3) is 11.8 Å². The van der Waals surface area contributed by atoms with E-state index in [4.69, 9.17) is 5.73 Å². The van der Waals surface area contributed by atoms with Crippen molar-refractivity contribution in [3.05, 3.63) is 29.1 Å². The minimum Gasteiger partial charge on any atom is -0.397 e. The number of carbonyl (C=O) groups excluding carboxylic acids is 2. The van der Waals surface area contributed by atoms with E-state index in [0.717, 1.165) is 62.5 Å². The lowest BCUT2D eigenvalue weighted by molar-refractivity contribution is 0.0787. The Morgan fingerprint density at radius 3 is 2.62 bits per heavy atom. The average molecular weight is 356 g/mol. The molecule has 1 fully saturated rings. The van der Waals surface area contributed by atoms with E-state index in [1.165, 1.54) is 0 Å². The van der Waals surface area contributed by atoms with E-state index in [1.807, 2.05) is 11.0 Å². The largest absolute Gasteiger partial charge is 0.397 e. The maximum atomic E-state index is 12.7. The van der Waals surface area contributed by atoms with Crippen LogP contribution in [-0.2, 0) is 6.42 Å². The number of fused-ring (bicyclic) bond motifs is 1. The normalized spacial score (nSPS) is 16.7. The first-order valence-corrected chi connectivity index (χ1v) is 9.07. The van der Waals surface area contributed by atoms with Crippen molar-refractivity contribution in [3.8, 4) is 0 Å². The highest BCUT2D eigenvalue weighted by atomic mass is 16.2. The minimum atomic E-state index is -0.248. The lowest BCUT2D eigenvalue weighted by Gasteiger charge is -2.27. The second-order valence-electron chi connectivity index (χ2n) is 6.88. The highest BCUT2D eigenvalue weighted by Crippen LogP contribution is 2.34. The Morgan fingerprint density at radius 1 is 1.12 bits per heavy atom. The number of nitrogens with one attached hydrogen (secondary N) is 3. The van der Waals surface area contributed by atoms with Crippen molar-refractivity contribution >= 4 is 29.1 Å². The smallest absolute Gasteiger partial charge is 0.270 e. The highest BCUT2D eigenvalue weighted by Gasteiger charge is 2.27. The Balaban J connectivity index is 1.65. The van der Waals surface area contributed by atoms with Crippen LogP contribution in [0.25, 0.3) is 0 Å². The van der Waals surface area contributed by atoms with Crippen molar-refractivity contribution in [2.24, 2.45) is 0 Å². The van der Waals surface area contributed by atoms with Crippen LogP contribution in [-0.4, -0.2) is 53.4 Å². The maximum absolute atomic E-state index is 12.7. The molecule has 0 unspecified atom stereocenters. The highest BCUT2D eigenvalue weighted by molar-refractivity contribution is 5.98. The van der Waals surface area contributed by atoms with Crippen LogP contribution in [0.15, 0.2) is 12.1 Å². The number of anilines is 3. The van der Waals surface area contributed by atoms with Gasteiger partial charge in [0, 0.05) is 32.7 Å². The summed E-state index contributed by atoms with van der Waals surface area (Å²) in [5.41, 5.74) is 8.51. The maximum Gasteiger partial charge on any atom is 0.270 e. The number of nitrogens with two attached hydrogens (primary N) is 1. The predicted molar refractivity (Wildman–Crippen MR) is 99.9 cm³/mol. The molecule has 0 aromatic carbocycles. The van der Waals surface area contributed by atoms with Crippen LogP contribution in [0.4, 0.5) is 17.3 Å². The topological polar surface area (TPSA) is 110 Å². The number of H-pyrrole nitrogens is 2. The van der Waals surface area contributed by atoms with Gasteiger partial charge in [-0.1, -0.05) is 0 Å². The van der Waals surface area contributed by atoms with E-state index >= 15 is 0 Å². The molecule has 0 spiro atoms. The van der Waals surface area contributed by atoms with Gasteiger partial charge in [0.1, 0.15) is 23.0 Å². The monoisotopic (exact) mass is 356 g/mol. The number of hydrogen-bond donors (Lipinski definition) is 4. The van der Waals surface area contributed by atoms with Gasteiger partial charge >= 0.3 is 0 Å². The Kier molecular flexibility index (Phi) is 4.10. The van der Waals surface area contributed by atoms with Crippen molar-refractivity contribution < 1.29 is 9.59 Å². The van der Waals surface area contributed by atoms with E-state index in [0.29, 0.717) is 17.1 Å². The number of likely N-dealkylation sites (tertiary alicyclic amines) is 1. The third-order valence-electron chi connectivity index (χ3n) is 5.18. The molecule has 2 aromatic rings. The average Bonchev–Trinajstić information content (AvgIpc) is 3.38. The molecule has 2 aliphatic heterocycles. The molecule has 0 bridgehead atoms. The molecule has 1 saturated heterocycles. The Labute approximate surface area is 151 Å². The van der Waals surface area contributed by atoms with Gasteiger partial charge in [0.2, 0.25) is 0 Å². The van der Waals surface area contributed by atoms with Crippen LogP contribution in [0.5, 0.6) is 0 Å². The van der Waals surface area contributed by atoms with Crippen molar-refractivity contribution in [3.63, 3.8) is 0 Å². The molecule has 0 saturated carbocycles. The first kappa shape index (κ1) is 16.6. The zero-order valence-corrected chi connectivity index (χ0v) is 14.9. The molecule has 8 heteroatoms. The summed E-state index contributed by atoms with van der Waals surface area (Å²) < 4.78 is 0. The summed E-state index contributed by atoms with van der Waals surface area (Å²) in [4.78, 5) is 35.0. The Hall–Kier alpha value is -2.90. The molecule has 0 radical (unpaired) electrons. The van der Waals surface area contributed by atoms with Crippen molar-refractivity contribution in [2.45, 2.75) is 25.7 Å². The van der Waals surface area contributed by atoms with Crippen molar-refractivity contribution in [2.75, 3.05) is 37.3 Å². The number of nitrogens with zero attached hydrogens (tertiary/aromatic N) is 2. The number of nitrogen functional groups attached to an aromatic ring is 1. The lowest BCUT2D eigenvalue weighted by atomic mass is 10.1. The Morgan fingerprint density at radius 2 is 1.88 bits per heavy atom. The van der Waals surface area contributed by atoms with Crippen LogP contribution in [0.1, 0.15) is 45.8 Å². The van der Waals surface area contributed by atoms with Gasteiger partial charge in [-0.05, 0) is 37.3 Å². The van der Waals surface area contributed by atoms with E-state index in [1.54, 1.807) is 13.1 Å². The quantitative estimate of drug-likeness (QED) is 0.669. The number of amides is 2. The van der Waals surface area contributed by atoms with Gasteiger partial charge < -0.3 is 30.8 Å². The van der Waals surface area contributed by atoms with Crippen LogP contribution < -0.4 is 16.0 Å². The number of rotatable bonds is 3. The van der Waals surface area contributed by atoms with Crippen LogP contribution >= 0.6 is 0 Å².